The van der Waals surface area contributed by atoms with Gasteiger partial charge in [-0.25, -0.2) is 19.4 Å². The maximum absolute atomic E-state index is 11.1. The van der Waals surface area contributed by atoms with Gasteiger partial charge >= 0.3 is 5.97 Å². The minimum Gasteiger partial charge on any atom is -0.476 e. The first-order valence-corrected chi connectivity index (χ1v) is 5.37. The fourth-order valence-electron chi connectivity index (χ4n) is 2.22. The van der Waals surface area contributed by atoms with Crippen molar-refractivity contribution in [2.75, 3.05) is 0 Å². The Balaban J connectivity index is 2.19. The molecule has 17 heavy (non-hydrogen) atoms. The third kappa shape index (κ3) is 1.49. The van der Waals surface area contributed by atoms with E-state index in [1.165, 1.54) is 6.33 Å². The molecule has 0 saturated heterocycles. The zero-order valence-electron chi connectivity index (χ0n) is 9.00. The van der Waals surface area contributed by atoms with Gasteiger partial charge in [0.2, 0.25) is 0 Å². The van der Waals surface area contributed by atoms with E-state index in [1.54, 1.807) is 17.1 Å². The molecule has 0 aliphatic heterocycles. The molecule has 0 saturated carbocycles. The summed E-state index contributed by atoms with van der Waals surface area (Å²) in [7, 11) is 0. The molecule has 0 atom stereocenters. The van der Waals surface area contributed by atoms with Crippen LogP contribution in [-0.2, 0) is 12.8 Å². The molecule has 0 fully saturated rings. The lowest BCUT2D eigenvalue weighted by Crippen LogP contribution is -2.05. The molecule has 0 spiro atoms. The summed E-state index contributed by atoms with van der Waals surface area (Å²) >= 11 is 0. The van der Waals surface area contributed by atoms with Crippen LogP contribution in [0.4, 0.5) is 0 Å². The first-order valence-electron chi connectivity index (χ1n) is 5.37. The van der Waals surface area contributed by atoms with Crippen LogP contribution in [0.25, 0.3) is 5.69 Å². The van der Waals surface area contributed by atoms with Gasteiger partial charge in [-0.3, -0.25) is 0 Å². The molecule has 0 aromatic carbocycles. The summed E-state index contributed by atoms with van der Waals surface area (Å²) in [4.78, 5) is 18.9. The number of nitrogens with zero attached hydrogens (tertiary/aromatic N) is 4. The van der Waals surface area contributed by atoms with E-state index < -0.39 is 5.97 Å². The van der Waals surface area contributed by atoms with E-state index >= 15 is 0 Å². The van der Waals surface area contributed by atoms with E-state index in [9.17, 15) is 4.79 Å². The van der Waals surface area contributed by atoms with E-state index in [-0.39, 0.29) is 5.69 Å². The molecule has 6 heteroatoms. The SMILES string of the molecule is O=C(O)c1nn(-c2cncnc2)c2c1CCC2. The Hall–Kier alpha value is -2.24. The van der Waals surface area contributed by atoms with E-state index in [0.717, 1.165) is 30.5 Å². The average Bonchev–Trinajstić information content (AvgIpc) is 2.90. The minimum atomic E-state index is -0.973. The predicted molar refractivity (Wildman–Crippen MR) is 58.1 cm³/mol. The highest BCUT2D eigenvalue weighted by atomic mass is 16.4. The summed E-state index contributed by atoms with van der Waals surface area (Å²) in [6, 6.07) is 0. The number of carboxylic acids is 1. The monoisotopic (exact) mass is 230 g/mol. The Kier molecular flexibility index (Phi) is 2.14. The first kappa shape index (κ1) is 9.95. The highest BCUT2D eigenvalue weighted by Crippen LogP contribution is 2.27. The van der Waals surface area contributed by atoms with Crippen molar-refractivity contribution >= 4 is 5.97 Å². The summed E-state index contributed by atoms with van der Waals surface area (Å²) in [5.41, 5.74) is 2.68. The Bertz CT molecular complexity index is 577. The van der Waals surface area contributed by atoms with Crippen molar-refractivity contribution in [1.82, 2.24) is 19.7 Å². The Morgan fingerprint density at radius 2 is 2.06 bits per heavy atom. The first-order chi connectivity index (χ1) is 8.27. The van der Waals surface area contributed by atoms with Gasteiger partial charge in [0, 0.05) is 11.3 Å². The standard InChI is InChI=1S/C11H10N4O2/c16-11(17)10-8-2-1-3-9(8)15(14-10)7-4-12-6-13-5-7/h4-6H,1-3H2,(H,16,17). The Morgan fingerprint density at radius 1 is 1.29 bits per heavy atom. The number of rotatable bonds is 2. The van der Waals surface area contributed by atoms with Crippen LogP contribution in [0, 0.1) is 0 Å². The van der Waals surface area contributed by atoms with E-state index in [1.807, 2.05) is 0 Å². The third-order valence-electron chi connectivity index (χ3n) is 2.92. The minimum absolute atomic E-state index is 0.154. The molecular weight excluding hydrogens is 220 g/mol. The smallest absolute Gasteiger partial charge is 0.356 e. The Morgan fingerprint density at radius 3 is 2.76 bits per heavy atom. The fourth-order valence-corrected chi connectivity index (χ4v) is 2.22. The number of carbonyl (C=O) groups is 1. The second-order valence-electron chi connectivity index (χ2n) is 3.94. The van der Waals surface area contributed by atoms with Crippen LogP contribution in [0.15, 0.2) is 18.7 Å². The maximum Gasteiger partial charge on any atom is 0.356 e. The van der Waals surface area contributed by atoms with Crippen molar-refractivity contribution < 1.29 is 9.90 Å². The summed E-state index contributed by atoms with van der Waals surface area (Å²) in [5.74, 6) is -0.973. The lowest BCUT2D eigenvalue weighted by molar-refractivity contribution is 0.0689. The van der Waals surface area contributed by atoms with Gasteiger partial charge in [0.25, 0.3) is 0 Å². The van der Waals surface area contributed by atoms with Gasteiger partial charge in [-0.15, -0.1) is 0 Å². The molecule has 3 rings (SSSR count). The third-order valence-corrected chi connectivity index (χ3v) is 2.92. The fraction of sp³-hybridized carbons (Fsp3) is 0.273. The molecule has 1 N–H and O–H groups in total. The molecule has 1 aliphatic rings. The molecule has 86 valence electrons. The molecule has 2 aromatic rings. The van der Waals surface area contributed by atoms with Gasteiger partial charge < -0.3 is 5.11 Å². The molecule has 0 bridgehead atoms. The summed E-state index contributed by atoms with van der Waals surface area (Å²) < 4.78 is 1.64. The highest BCUT2D eigenvalue weighted by molar-refractivity contribution is 5.87. The number of hydrogen-bond donors (Lipinski definition) is 1. The van der Waals surface area contributed by atoms with Crippen LogP contribution in [0.1, 0.15) is 28.2 Å². The van der Waals surface area contributed by atoms with Crippen LogP contribution in [0.3, 0.4) is 0 Å². The number of aromatic carboxylic acids is 1. The van der Waals surface area contributed by atoms with Crippen LogP contribution in [-0.4, -0.2) is 30.8 Å². The molecule has 6 nitrogen and oxygen atoms in total. The van der Waals surface area contributed by atoms with Gasteiger partial charge in [0.05, 0.1) is 12.4 Å². The van der Waals surface area contributed by atoms with Crippen molar-refractivity contribution in [1.29, 1.82) is 0 Å². The predicted octanol–water partition coefficient (Wildman–Crippen LogP) is 0.849. The van der Waals surface area contributed by atoms with E-state index in [2.05, 4.69) is 15.1 Å². The van der Waals surface area contributed by atoms with Crippen molar-refractivity contribution in [2.24, 2.45) is 0 Å². The van der Waals surface area contributed by atoms with E-state index in [4.69, 9.17) is 5.11 Å². The zero-order valence-corrected chi connectivity index (χ0v) is 9.00. The van der Waals surface area contributed by atoms with Crippen molar-refractivity contribution in [2.45, 2.75) is 19.3 Å². The van der Waals surface area contributed by atoms with Crippen LogP contribution >= 0.6 is 0 Å². The molecule has 2 heterocycles. The van der Waals surface area contributed by atoms with Gasteiger partial charge in [-0.1, -0.05) is 0 Å². The number of aromatic nitrogens is 4. The molecular formula is C11H10N4O2. The van der Waals surface area contributed by atoms with Gasteiger partial charge in [-0.2, -0.15) is 5.10 Å². The van der Waals surface area contributed by atoms with Crippen LogP contribution in [0.2, 0.25) is 0 Å². The molecule has 0 amide bonds. The second-order valence-corrected chi connectivity index (χ2v) is 3.94. The maximum atomic E-state index is 11.1. The van der Waals surface area contributed by atoms with Gasteiger partial charge in [0.1, 0.15) is 12.0 Å². The number of hydrogen-bond acceptors (Lipinski definition) is 4. The van der Waals surface area contributed by atoms with Crippen molar-refractivity contribution in [3.05, 3.63) is 35.7 Å². The average molecular weight is 230 g/mol. The topological polar surface area (TPSA) is 80.9 Å². The largest absolute Gasteiger partial charge is 0.476 e. The zero-order chi connectivity index (χ0) is 11.8. The van der Waals surface area contributed by atoms with E-state index in [0.29, 0.717) is 5.69 Å². The van der Waals surface area contributed by atoms with Crippen LogP contribution in [0.5, 0.6) is 0 Å². The highest BCUT2D eigenvalue weighted by Gasteiger charge is 2.26. The lowest BCUT2D eigenvalue weighted by atomic mass is 10.2. The molecule has 0 radical (unpaired) electrons. The summed E-state index contributed by atoms with van der Waals surface area (Å²) in [5, 5.41) is 13.2. The van der Waals surface area contributed by atoms with Crippen LogP contribution < -0.4 is 0 Å². The second kappa shape index (κ2) is 3.65. The molecule has 0 unspecified atom stereocenters. The van der Waals surface area contributed by atoms with Gasteiger partial charge in [-0.05, 0) is 19.3 Å². The number of carboxylic acid groups (broad SMARTS) is 1. The molecule has 2 aromatic heterocycles. The normalized spacial score (nSPS) is 13.6. The quantitative estimate of drug-likeness (QED) is 0.827. The summed E-state index contributed by atoms with van der Waals surface area (Å²) in [6.45, 7) is 0. The Labute approximate surface area is 96.9 Å². The summed E-state index contributed by atoms with van der Waals surface area (Å²) in [6.07, 6.45) is 7.30. The van der Waals surface area contributed by atoms with Crippen molar-refractivity contribution in [3.8, 4) is 5.69 Å². The number of fused-ring (bicyclic) bond motifs is 1. The van der Waals surface area contributed by atoms with Crippen molar-refractivity contribution in [3.63, 3.8) is 0 Å². The van der Waals surface area contributed by atoms with Gasteiger partial charge in [0.15, 0.2) is 5.69 Å². The lowest BCUT2D eigenvalue weighted by Gasteiger charge is -2.02. The molecule has 1 aliphatic carbocycles.